The van der Waals surface area contributed by atoms with Crippen LogP contribution in [0.15, 0.2) is 113 Å². The zero-order valence-electron chi connectivity index (χ0n) is 33.0. The average Bonchev–Trinajstić information content (AvgIpc) is 3.41. The fourth-order valence-electron chi connectivity index (χ4n) is 9.52. The van der Waals surface area contributed by atoms with Crippen LogP contribution in [0.1, 0.15) is 69.4 Å². The van der Waals surface area contributed by atoms with Crippen LogP contribution in [0, 0.1) is 5.92 Å². The van der Waals surface area contributed by atoms with E-state index in [2.05, 4.69) is 101 Å². The highest BCUT2D eigenvalue weighted by Gasteiger charge is 2.46. The Bertz CT molecular complexity index is 2110. The summed E-state index contributed by atoms with van der Waals surface area (Å²) in [4.78, 5) is 58.4. The van der Waals surface area contributed by atoms with Gasteiger partial charge in [0.1, 0.15) is 6.04 Å². The van der Waals surface area contributed by atoms with Crippen LogP contribution in [0.25, 0.3) is 11.1 Å². The minimum atomic E-state index is -1.01. The molecule has 4 aliphatic heterocycles. The molecule has 3 aliphatic carbocycles. The molecule has 10 nitrogen and oxygen atoms in total. The first-order valence-corrected chi connectivity index (χ1v) is 20.6. The highest BCUT2D eigenvalue weighted by atomic mass is 16.3. The van der Waals surface area contributed by atoms with Gasteiger partial charge in [0.15, 0.2) is 0 Å². The van der Waals surface area contributed by atoms with E-state index in [1.165, 1.54) is 39.1 Å². The topological polar surface area (TPSA) is 114 Å². The maximum absolute atomic E-state index is 13.3. The summed E-state index contributed by atoms with van der Waals surface area (Å²) >= 11 is 0. The fourth-order valence-corrected chi connectivity index (χ4v) is 9.52. The van der Waals surface area contributed by atoms with Crippen LogP contribution in [0.4, 0.5) is 5.69 Å². The molecule has 2 bridgehead atoms. The number of carbonyl (C=O) groups is 4. The summed E-state index contributed by atoms with van der Waals surface area (Å²) in [6.07, 6.45) is 9.82. The van der Waals surface area contributed by atoms with Gasteiger partial charge in [0.05, 0.1) is 11.7 Å². The van der Waals surface area contributed by atoms with Gasteiger partial charge in [0, 0.05) is 69.2 Å². The van der Waals surface area contributed by atoms with E-state index in [9.17, 15) is 24.3 Å². The number of nitrogens with zero attached hydrogens (tertiary/aromatic N) is 4. The Morgan fingerprint density at radius 3 is 2.28 bits per heavy atom. The lowest BCUT2D eigenvalue weighted by molar-refractivity contribution is -0.149. The maximum atomic E-state index is 13.3. The first-order chi connectivity index (χ1) is 27.5. The van der Waals surface area contributed by atoms with Crippen molar-refractivity contribution < 1.29 is 24.3 Å². The molecule has 7 aliphatic rings. The van der Waals surface area contributed by atoms with Gasteiger partial charge in [-0.1, -0.05) is 67.3 Å². The predicted molar refractivity (Wildman–Crippen MR) is 222 cm³/mol. The van der Waals surface area contributed by atoms with E-state index >= 15 is 0 Å². The lowest BCUT2D eigenvalue weighted by atomic mass is 9.82. The summed E-state index contributed by atoms with van der Waals surface area (Å²) in [5.41, 5.74) is 10.9. The number of likely N-dealkylation sites (tertiary alicyclic amines) is 1. The van der Waals surface area contributed by atoms with Crippen LogP contribution in [-0.2, 0) is 19.2 Å². The zero-order chi connectivity index (χ0) is 39.8. The van der Waals surface area contributed by atoms with Crippen molar-refractivity contribution in [2.45, 2.75) is 70.4 Å². The highest BCUT2D eigenvalue weighted by Crippen LogP contribution is 2.43. The normalized spacial score (nSPS) is 24.9. The Morgan fingerprint density at radius 1 is 0.860 bits per heavy atom. The Labute approximate surface area is 335 Å². The minimum Gasteiger partial charge on any atom is -0.388 e. The highest BCUT2D eigenvalue weighted by molar-refractivity contribution is 6.26. The van der Waals surface area contributed by atoms with Crippen molar-refractivity contribution in [1.29, 1.82) is 0 Å². The van der Waals surface area contributed by atoms with Crippen LogP contribution >= 0.6 is 0 Å². The SMILES string of the molecule is C=C1C(=O)N(C2CCC(=O)NC2=O)C(=O)/C1=C/C(=C)N1CCN(CC2CCN(c3ccc(/C(C4=C5CCCC(=C4)C(O)C5)=C(/C)c4ccccc4)cc3)CC2)CC1. The van der Waals surface area contributed by atoms with Crippen LogP contribution in [0.5, 0.6) is 0 Å². The zero-order valence-corrected chi connectivity index (χ0v) is 33.0. The molecular weight excluding hydrogens is 715 g/mol. The number of piperazine rings is 1. The molecule has 1 saturated carbocycles. The number of carbonyl (C=O) groups excluding carboxylic acids is 4. The molecule has 9 rings (SSSR count). The third kappa shape index (κ3) is 7.85. The third-order valence-electron chi connectivity index (χ3n) is 12.9. The number of hydrogen-bond acceptors (Lipinski definition) is 8. The lowest BCUT2D eigenvalue weighted by Gasteiger charge is -2.40. The fraction of sp³-hybridized carbons (Fsp3) is 0.404. The molecule has 0 radical (unpaired) electrons. The second-order valence-corrected chi connectivity index (χ2v) is 16.4. The van der Waals surface area contributed by atoms with Crippen molar-refractivity contribution in [1.82, 2.24) is 20.0 Å². The van der Waals surface area contributed by atoms with Crippen molar-refractivity contribution in [3.63, 3.8) is 0 Å². The number of amides is 4. The van der Waals surface area contributed by atoms with Crippen LogP contribution in [0.2, 0.25) is 0 Å². The quantitative estimate of drug-likeness (QED) is 0.187. The summed E-state index contributed by atoms with van der Waals surface area (Å²) in [6, 6.07) is 18.8. The Morgan fingerprint density at radius 2 is 1.58 bits per heavy atom. The number of nitrogens with one attached hydrogen (secondary N) is 1. The summed E-state index contributed by atoms with van der Waals surface area (Å²) in [5.74, 6) is -1.59. The van der Waals surface area contributed by atoms with Crippen molar-refractivity contribution >= 4 is 40.5 Å². The molecule has 2 aromatic carbocycles. The number of rotatable bonds is 9. The Hall–Kier alpha value is -5.32. The molecular formula is C47H53N5O5. The molecule has 2 atom stereocenters. The number of fused-ring (bicyclic) bond motifs is 4. The largest absolute Gasteiger partial charge is 0.388 e. The average molecular weight is 768 g/mol. The summed E-state index contributed by atoms with van der Waals surface area (Å²) in [7, 11) is 0. The third-order valence-corrected chi connectivity index (χ3v) is 12.9. The van der Waals surface area contributed by atoms with Gasteiger partial charge in [0.25, 0.3) is 11.8 Å². The number of hydrogen-bond donors (Lipinski definition) is 2. The first-order valence-electron chi connectivity index (χ1n) is 20.6. The molecule has 5 fully saturated rings. The van der Waals surface area contributed by atoms with Gasteiger partial charge in [-0.3, -0.25) is 34.3 Å². The van der Waals surface area contributed by atoms with E-state index in [0.717, 1.165) is 94.8 Å². The molecule has 2 aromatic rings. The lowest BCUT2D eigenvalue weighted by Crippen LogP contribution is -2.54. The summed E-state index contributed by atoms with van der Waals surface area (Å²) < 4.78 is 0. The van der Waals surface area contributed by atoms with E-state index in [-0.39, 0.29) is 30.1 Å². The van der Waals surface area contributed by atoms with E-state index < -0.39 is 29.7 Å². The van der Waals surface area contributed by atoms with Gasteiger partial charge < -0.3 is 14.9 Å². The number of benzene rings is 2. The molecule has 2 unspecified atom stereocenters. The number of aliphatic hydroxyl groups is 1. The second kappa shape index (κ2) is 16.3. The number of imide groups is 2. The number of piperidine rings is 2. The van der Waals surface area contributed by atoms with Gasteiger partial charge >= 0.3 is 0 Å². The van der Waals surface area contributed by atoms with Crippen molar-refractivity contribution in [2.75, 3.05) is 50.7 Å². The maximum Gasteiger partial charge on any atom is 0.262 e. The molecule has 0 aromatic heterocycles. The molecule has 2 N–H and O–H groups in total. The van der Waals surface area contributed by atoms with Gasteiger partial charge in [-0.05, 0) is 109 Å². The molecule has 296 valence electrons. The Kier molecular flexibility index (Phi) is 11.0. The molecule has 4 heterocycles. The molecule has 0 spiro atoms. The van der Waals surface area contributed by atoms with Crippen molar-refractivity contribution in [3.05, 3.63) is 125 Å². The summed E-state index contributed by atoms with van der Waals surface area (Å²) in [6.45, 7) is 16.7. The number of anilines is 1. The van der Waals surface area contributed by atoms with Crippen molar-refractivity contribution in [2.24, 2.45) is 5.92 Å². The molecule has 57 heavy (non-hydrogen) atoms. The number of aliphatic hydroxyl groups excluding tert-OH is 1. The van der Waals surface area contributed by atoms with Crippen LogP contribution in [0.3, 0.4) is 0 Å². The van der Waals surface area contributed by atoms with Gasteiger partial charge in [-0.2, -0.15) is 0 Å². The molecule has 4 amide bonds. The van der Waals surface area contributed by atoms with E-state index in [1.54, 1.807) is 6.08 Å². The first kappa shape index (κ1) is 38.5. The second-order valence-electron chi connectivity index (χ2n) is 16.4. The number of allylic oxidation sites excluding steroid dienone is 5. The van der Waals surface area contributed by atoms with Gasteiger partial charge in [0.2, 0.25) is 11.8 Å². The van der Waals surface area contributed by atoms with Gasteiger partial charge in [-0.25, -0.2) is 0 Å². The monoisotopic (exact) mass is 767 g/mol. The van der Waals surface area contributed by atoms with Crippen molar-refractivity contribution in [3.8, 4) is 0 Å². The standard InChI is InChI=1S/C47H53N5O5/c1-30(26-39-32(3)46(56)52(47(39)57)41-16-17-43(54)48-45(41)55)50-24-22-49(23-25-50)29-33-18-20-51(21-19-33)38-14-12-35(13-15-38)44(31(2)34-8-5-4-6-9-34)40-27-37-11-7-10-36(40)28-42(37)53/h4-6,8-9,12-15,26-27,33,41-42,53H,1,3,7,10-11,16-25,28-29H2,2H3,(H,48,54,55)/b39-26+,44-31+. The van der Waals surface area contributed by atoms with Crippen LogP contribution in [-0.4, -0.2) is 101 Å². The van der Waals surface area contributed by atoms with E-state index in [4.69, 9.17) is 0 Å². The molecule has 10 heteroatoms. The minimum absolute atomic E-state index is 0.0467. The Balaban J connectivity index is 0.856. The predicted octanol–water partition coefficient (Wildman–Crippen LogP) is 5.79. The van der Waals surface area contributed by atoms with Crippen LogP contribution < -0.4 is 10.2 Å². The van der Waals surface area contributed by atoms with E-state index in [0.29, 0.717) is 11.6 Å². The molecule has 4 saturated heterocycles. The van der Waals surface area contributed by atoms with E-state index in [1.807, 2.05) is 0 Å². The summed E-state index contributed by atoms with van der Waals surface area (Å²) in [5, 5.41) is 13.0. The van der Waals surface area contributed by atoms with Gasteiger partial charge in [-0.15, -0.1) is 0 Å². The smallest absolute Gasteiger partial charge is 0.262 e.